The van der Waals surface area contributed by atoms with Crippen molar-refractivity contribution in [1.82, 2.24) is 0 Å². The minimum atomic E-state index is 0.288. The zero-order valence-electron chi connectivity index (χ0n) is 20.3. The Morgan fingerprint density at radius 3 is 2.38 bits per heavy atom. The van der Waals surface area contributed by atoms with Crippen molar-refractivity contribution in [3.63, 3.8) is 0 Å². The van der Waals surface area contributed by atoms with E-state index >= 15 is 0 Å². The summed E-state index contributed by atoms with van der Waals surface area (Å²) in [6, 6.07) is 0. The molecule has 1 nitrogen and oxygen atoms in total. The fraction of sp³-hybridized carbons (Fsp3) is 0.964. The van der Waals surface area contributed by atoms with Gasteiger partial charge in [-0.2, -0.15) is 0 Å². The number of Topliss-reactive ketones (excluding diaryl/α,β-unsaturated/α-hetero) is 1. The number of fused-ring (bicyclic) bond motifs is 5. The molecule has 1 unspecified atom stereocenters. The molecule has 4 aliphatic carbocycles. The molecular formula is C28H48O. The molecular weight excluding hydrogens is 352 g/mol. The molecule has 0 spiro atoms. The quantitative estimate of drug-likeness (QED) is 0.458. The highest BCUT2D eigenvalue weighted by atomic mass is 16.1. The molecule has 0 aromatic carbocycles. The molecule has 0 saturated heterocycles. The first kappa shape index (κ1) is 21.9. The highest BCUT2D eigenvalue weighted by molar-refractivity contribution is 5.84. The predicted molar refractivity (Wildman–Crippen MR) is 123 cm³/mol. The van der Waals surface area contributed by atoms with Crippen LogP contribution in [0.15, 0.2) is 0 Å². The third kappa shape index (κ3) is 3.55. The highest BCUT2D eigenvalue weighted by Crippen LogP contribution is 2.67. The van der Waals surface area contributed by atoms with Gasteiger partial charge in [-0.05, 0) is 90.8 Å². The number of carbonyl (C=O) groups excluding carboxylic acids is 1. The maximum atomic E-state index is 13.8. The van der Waals surface area contributed by atoms with Crippen molar-refractivity contribution >= 4 is 5.78 Å². The smallest absolute Gasteiger partial charge is 0.137 e. The fourth-order valence-corrected chi connectivity index (χ4v) is 9.14. The predicted octanol–water partition coefficient (Wildman–Crippen LogP) is 7.92. The first-order valence-corrected chi connectivity index (χ1v) is 13.2. The number of rotatable bonds is 5. The van der Waals surface area contributed by atoms with Crippen molar-refractivity contribution < 1.29 is 4.79 Å². The molecule has 9 atom stereocenters. The summed E-state index contributed by atoms with van der Waals surface area (Å²) < 4.78 is 0. The minimum Gasteiger partial charge on any atom is -0.299 e. The second-order valence-corrected chi connectivity index (χ2v) is 12.9. The van der Waals surface area contributed by atoms with E-state index < -0.39 is 0 Å². The first-order valence-electron chi connectivity index (χ1n) is 13.2. The standard InChI is InChI=1S/C28H48O/c1-18(2)19(3)10-11-20(4)23-14-15-24-22-13-12-21-9-7-8-16-27(21,5)26(22)25(29)17-28(23,24)6/h18-24,26H,7-17H2,1-6H3/t19-,20+,21?,22-,23+,24-,26+,27-,28+/m0/s1. The molecule has 0 heterocycles. The number of hydrogen-bond donors (Lipinski definition) is 0. The first-order chi connectivity index (χ1) is 13.7. The molecule has 0 aromatic rings. The van der Waals surface area contributed by atoms with Crippen LogP contribution in [0.2, 0.25) is 0 Å². The van der Waals surface area contributed by atoms with Crippen LogP contribution in [0, 0.1) is 58.2 Å². The van der Waals surface area contributed by atoms with E-state index in [0.717, 1.165) is 41.9 Å². The Labute approximate surface area is 181 Å². The van der Waals surface area contributed by atoms with Gasteiger partial charge in [-0.3, -0.25) is 4.79 Å². The normalized spacial score (nSPS) is 46.7. The minimum absolute atomic E-state index is 0.288. The van der Waals surface area contributed by atoms with Crippen LogP contribution in [0.25, 0.3) is 0 Å². The van der Waals surface area contributed by atoms with Gasteiger partial charge < -0.3 is 0 Å². The molecule has 0 bridgehead atoms. The van der Waals surface area contributed by atoms with E-state index in [9.17, 15) is 4.79 Å². The topological polar surface area (TPSA) is 17.1 Å². The van der Waals surface area contributed by atoms with Gasteiger partial charge in [0, 0.05) is 12.3 Å². The van der Waals surface area contributed by atoms with E-state index in [4.69, 9.17) is 0 Å². The summed E-state index contributed by atoms with van der Waals surface area (Å²) in [6.45, 7) is 14.7. The molecule has 0 radical (unpaired) electrons. The van der Waals surface area contributed by atoms with E-state index in [1.165, 1.54) is 64.2 Å². The lowest BCUT2D eigenvalue weighted by Gasteiger charge is -2.59. The fourth-order valence-electron chi connectivity index (χ4n) is 9.14. The van der Waals surface area contributed by atoms with Crippen LogP contribution >= 0.6 is 0 Å². The van der Waals surface area contributed by atoms with Gasteiger partial charge in [-0.1, -0.05) is 67.2 Å². The molecule has 29 heavy (non-hydrogen) atoms. The Morgan fingerprint density at radius 1 is 0.897 bits per heavy atom. The summed E-state index contributed by atoms with van der Waals surface area (Å²) in [5.74, 6) is 6.59. The largest absolute Gasteiger partial charge is 0.299 e. The summed E-state index contributed by atoms with van der Waals surface area (Å²) in [5, 5.41) is 0. The Morgan fingerprint density at radius 2 is 1.66 bits per heavy atom. The summed E-state index contributed by atoms with van der Waals surface area (Å²) in [4.78, 5) is 13.8. The average molecular weight is 401 g/mol. The maximum absolute atomic E-state index is 13.8. The molecule has 0 amide bonds. The van der Waals surface area contributed by atoms with Crippen LogP contribution < -0.4 is 0 Å². The molecule has 0 aromatic heterocycles. The molecule has 4 saturated carbocycles. The van der Waals surface area contributed by atoms with Crippen LogP contribution in [0.5, 0.6) is 0 Å². The third-order valence-electron chi connectivity index (χ3n) is 11.2. The van der Waals surface area contributed by atoms with Crippen LogP contribution in [0.3, 0.4) is 0 Å². The molecule has 1 heteroatoms. The highest BCUT2D eigenvalue weighted by Gasteiger charge is 2.63. The summed E-state index contributed by atoms with van der Waals surface area (Å²) in [5.41, 5.74) is 0.618. The maximum Gasteiger partial charge on any atom is 0.137 e. The molecule has 4 fully saturated rings. The third-order valence-corrected chi connectivity index (χ3v) is 11.2. The van der Waals surface area contributed by atoms with Crippen LogP contribution in [-0.2, 0) is 4.79 Å². The van der Waals surface area contributed by atoms with Gasteiger partial charge in [-0.15, -0.1) is 0 Å². The lowest BCUT2D eigenvalue weighted by Crippen LogP contribution is -2.57. The Hall–Kier alpha value is -0.330. The van der Waals surface area contributed by atoms with Gasteiger partial charge in [0.05, 0.1) is 0 Å². The van der Waals surface area contributed by atoms with E-state index in [0.29, 0.717) is 23.0 Å². The number of ketones is 1. The van der Waals surface area contributed by atoms with Gasteiger partial charge in [-0.25, -0.2) is 0 Å². The van der Waals surface area contributed by atoms with Crippen molar-refractivity contribution in [2.24, 2.45) is 58.2 Å². The van der Waals surface area contributed by atoms with Crippen LogP contribution in [0.1, 0.15) is 112 Å². The van der Waals surface area contributed by atoms with Crippen LogP contribution in [0.4, 0.5) is 0 Å². The van der Waals surface area contributed by atoms with E-state index in [-0.39, 0.29) is 5.41 Å². The molecule has 0 aliphatic heterocycles. The van der Waals surface area contributed by atoms with Gasteiger partial charge in [0.15, 0.2) is 0 Å². The lowest BCUT2D eigenvalue weighted by atomic mass is 9.44. The Bertz CT molecular complexity index is 607. The van der Waals surface area contributed by atoms with Crippen molar-refractivity contribution in [1.29, 1.82) is 0 Å². The van der Waals surface area contributed by atoms with Crippen LogP contribution in [-0.4, -0.2) is 5.78 Å². The zero-order valence-corrected chi connectivity index (χ0v) is 20.3. The summed E-state index contributed by atoms with van der Waals surface area (Å²) in [6.07, 6.45) is 14.6. The van der Waals surface area contributed by atoms with Gasteiger partial charge in [0.2, 0.25) is 0 Å². The molecule has 4 rings (SSSR count). The zero-order chi connectivity index (χ0) is 21.0. The van der Waals surface area contributed by atoms with E-state index in [1.807, 2.05) is 0 Å². The van der Waals surface area contributed by atoms with Crippen molar-refractivity contribution in [2.45, 2.75) is 112 Å². The second kappa shape index (κ2) is 7.98. The van der Waals surface area contributed by atoms with Crippen molar-refractivity contribution in [2.75, 3.05) is 0 Å². The average Bonchev–Trinajstić information content (AvgIpc) is 3.01. The monoisotopic (exact) mass is 400 g/mol. The number of carbonyl (C=O) groups is 1. The lowest BCUT2D eigenvalue weighted by molar-refractivity contribution is -0.158. The SMILES string of the molecule is CC(C)[C@@H](C)CC[C@@H](C)[C@H]1CC[C@H]2[C@@H]3CCC4CCCC[C@]4(C)[C@H]3C(=O)C[C@]12C. The summed E-state index contributed by atoms with van der Waals surface area (Å²) in [7, 11) is 0. The Kier molecular flexibility index (Phi) is 6.02. The van der Waals surface area contributed by atoms with Gasteiger partial charge in [0.1, 0.15) is 5.78 Å². The van der Waals surface area contributed by atoms with Gasteiger partial charge in [0.25, 0.3) is 0 Å². The molecule has 4 aliphatic rings. The Balaban J connectivity index is 1.52. The van der Waals surface area contributed by atoms with Crippen molar-refractivity contribution in [3.05, 3.63) is 0 Å². The molecule has 166 valence electrons. The summed E-state index contributed by atoms with van der Waals surface area (Å²) >= 11 is 0. The van der Waals surface area contributed by atoms with Crippen molar-refractivity contribution in [3.8, 4) is 0 Å². The van der Waals surface area contributed by atoms with Gasteiger partial charge >= 0.3 is 0 Å². The molecule has 0 N–H and O–H groups in total. The van der Waals surface area contributed by atoms with E-state index in [1.54, 1.807) is 0 Å². The number of hydrogen-bond acceptors (Lipinski definition) is 1. The second-order valence-electron chi connectivity index (χ2n) is 12.9. The van der Waals surface area contributed by atoms with E-state index in [2.05, 4.69) is 41.5 Å².